The molecule has 5 heteroatoms. The molecular weight excluding hydrogens is 335 g/mol. The molecule has 4 rings (SSSR count). The zero-order valence-corrected chi connectivity index (χ0v) is 13.4. The van der Waals surface area contributed by atoms with E-state index in [0.29, 0.717) is 10.7 Å². The van der Waals surface area contributed by atoms with Gasteiger partial charge in [0.25, 0.3) is 0 Å². The predicted octanol–water partition coefficient (Wildman–Crippen LogP) is 6.19. The second-order valence-electron chi connectivity index (χ2n) is 6.27. The third kappa shape index (κ3) is 2.40. The minimum atomic E-state index is -4.39. The van der Waals surface area contributed by atoms with Gasteiger partial charge in [0.1, 0.15) is 0 Å². The standard InChI is InChI=1S/C19H15ClF3N/c20-15-10-9-14(19(21,22)23)16-12-7-4-8-13(12)17(24-18(15)16)11-5-2-1-3-6-11/h1-7,9-10,12-13,17,24H,8H2/t12-,13-,17-/m1/s1. The van der Waals surface area contributed by atoms with Gasteiger partial charge >= 0.3 is 6.18 Å². The molecule has 2 aromatic rings. The maximum atomic E-state index is 13.5. The van der Waals surface area contributed by atoms with Crippen molar-refractivity contribution in [1.82, 2.24) is 0 Å². The molecule has 0 unspecified atom stereocenters. The highest BCUT2D eigenvalue weighted by Crippen LogP contribution is 2.54. The second kappa shape index (κ2) is 5.55. The molecule has 3 atom stereocenters. The summed E-state index contributed by atoms with van der Waals surface area (Å²) in [5.41, 5.74) is 1.16. The normalized spacial score (nSPS) is 25.1. The van der Waals surface area contributed by atoms with Crippen molar-refractivity contribution in [3.8, 4) is 0 Å². The van der Waals surface area contributed by atoms with Gasteiger partial charge in [-0.05, 0) is 35.6 Å². The zero-order valence-electron chi connectivity index (χ0n) is 12.6. The molecule has 2 aromatic carbocycles. The van der Waals surface area contributed by atoms with E-state index in [1.54, 1.807) is 0 Å². The van der Waals surface area contributed by atoms with Crippen molar-refractivity contribution in [1.29, 1.82) is 0 Å². The molecule has 0 bridgehead atoms. The van der Waals surface area contributed by atoms with Crippen molar-refractivity contribution in [2.45, 2.75) is 24.6 Å². The maximum Gasteiger partial charge on any atom is 0.416 e. The van der Waals surface area contributed by atoms with Crippen molar-refractivity contribution < 1.29 is 13.2 Å². The van der Waals surface area contributed by atoms with Crippen LogP contribution in [0.5, 0.6) is 0 Å². The Hall–Kier alpha value is -1.94. The molecule has 1 heterocycles. The van der Waals surface area contributed by atoms with E-state index in [0.717, 1.165) is 18.1 Å². The van der Waals surface area contributed by atoms with Crippen LogP contribution in [0.4, 0.5) is 18.9 Å². The Kier molecular flexibility index (Phi) is 3.61. The van der Waals surface area contributed by atoms with Crippen LogP contribution in [0, 0.1) is 5.92 Å². The predicted molar refractivity (Wildman–Crippen MR) is 89.2 cm³/mol. The van der Waals surface area contributed by atoms with Crippen LogP contribution in [0.1, 0.15) is 35.1 Å². The van der Waals surface area contributed by atoms with Gasteiger partial charge in [-0.15, -0.1) is 0 Å². The molecule has 0 saturated carbocycles. The van der Waals surface area contributed by atoms with Crippen LogP contribution < -0.4 is 5.32 Å². The number of hydrogen-bond acceptors (Lipinski definition) is 1. The molecule has 0 fully saturated rings. The van der Waals surface area contributed by atoms with Gasteiger partial charge in [0.15, 0.2) is 0 Å². The minimum Gasteiger partial charge on any atom is -0.376 e. The second-order valence-corrected chi connectivity index (χ2v) is 6.67. The first kappa shape index (κ1) is 15.6. The van der Waals surface area contributed by atoms with Gasteiger partial charge in [-0.2, -0.15) is 13.2 Å². The molecule has 1 aliphatic heterocycles. The number of hydrogen-bond donors (Lipinski definition) is 1. The number of allylic oxidation sites excluding steroid dienone is 2. The first-order valence-electron chi connectivity index (χ1n) is 7.84. The molecule has 24 heavy (non-hydrogen) atoms. The van der Waals surface area contributed by atoms with Crippen LogP contribution in [-0.4, -0.2) is 0 Å². The van der Waals surface area contributed by atoms with E-state index in [-0.39, 0.29) is 23.4 Å². The molecular formula is C19H15ClF3N. The Labute approximate surface area is 143 Å². The summed E-state index contributed by atoms with van der Waals surface area (Å²) in [5.74, 6) is -0.221. The number of nitrogens with one attached hydrogen (secondary N) is 1. The fraction of sp³-hybridized carbons (Fsp3) is 0.263. The highest BCUT2D eigenvalue weighted by atomic mass is 35.5. The molecule has 0 saturated heterocycles. The monoisotopic (exact) mass is 349 g/mol. The average Bonchev–Trinajstić information content (AvgIpc) is 3.04. The van der Waals surface area contributed by atoms with E-state index >= 15 is 0 Å². The van der Waals surface area contributed by atoms with Crippen LogP contribution in [-0.2, 0) is 6.18 Å². The van der Waals surface area contributed by atoms with Crippen molar-refractivity contribution in [2.75, 3.05) is 5.32 Å². The van der Waals surface area contributed by atoms with Gasteiger partial charge in [-0.3, -0.25) is 0 Å². The molecule has 1 N–H and O–H groups in total. The number of halogens is 4. The van der Waals surface area contributed by atoms with Gasteiger partial charge in [-0.1, -0.05) is 54.1 Å². The first-order chi connectivity index (χ1) is 11.5. The molecule has 124 valence electrons. The number of rotatable bonds is 1. The van der Waals surface area contributed by atoms with E-state index in [1.165, 1.54) is 6.07 Å². The number of fused-ring (bicyclic) bond motifs is 3. The Morgan fingerprint density at radius 3 is 2.50 bits per heavy atom. The average molecular weight is 350 g/mol. The largest absolute Gasteiger partial charge is 0.416 e. The van der Waals surface area contributed by atoms with E-state index in [1.807, 2.05) is 42.5 Å². The van der Waals surface area contributed by atoms with Crippen LogP contribution in [0.15, 0.2) is 54.6 Å². The fourth-order valence-electron chi connectivity index (χ4n) is 3.91. The Morgan fingerprint density at radius 1 is 1.04 bits per heavy atom. The van der Waals surface area contributed by atoms with Gasteiger partial charge in [0, 0.05) is 5.92 Å². The van der Waals surface area contributed by atoms with Crippen molar-refractivity contribution in [3.05, 3.63) is 76.3 Å². The zero-order chi connectivity index (χ0) is 16.9. The van der Waals surface area contributed by atoms with E-state index in [9.17, 15) is 13.2 Å². The molecule has 1 nitrogen and oxygen atoms in total. The lowest BCUT2D eigenvalue weighted by molar-refractivity contribution is -0.138. The highest BCUT2D eigenvalue weighted by molar-refractivity contribution is 6.33. The lowest BCUT2D eigenvalue weighted by Crippen LogP contribution is -2.31. The lowest BCUT2D eigenvalue weighted by Gasteiger charge is -2.39. The van der Waals surface area contributed by atoms with Crippen molar-refractivity contribution in [3.63, 3.8) is 0 Å². The quantitative estimate of drug-likeness (QED) is 0.606. The van der Waals surface area contributed by atoms with Gasteiger partial charge in [-0.25, -0.2) is 0 Å². The van der Waals surface area contributed by atoms with E-state index in [2.05, 4.69) is 5.32 Å². The fourth-order valence-corrected chi connectivity index (χ4v) is 4.13. The first-order valence-corrected chi connectivity index (χ1v) is 8.22. The van der Waals surface area contributed by atoms with Crippen LogP contribution in [0.3, 0.4) is 0 Å². The maximum absolute atomic E-state index is 13.5. The number of alkyl halides is 3. The summed E-state index contributed by atoms with van der Waals surface area (Å²) in [4.78, 5) is 0. The van der Waals surface area contributed by atoms with E-state index in [4.69, 9.17) is 11.6 Å². The summed E-state index contributed by atoms with van der Waals surface area (Å²) in [5, 5.41) is 3.62. The third-order valence-electron chi connectivity index (χ3n) is 4.93. The minimum absolute atomic E-state index is 0.0551. The van der Waals surface area contributed by atoms with Crippen LogP contribution >= 0.6 is 11.6 Å². The summed E-state index contributed by atoms with van der Waals surface area (Å²) in [6.07, 6.45) is 0.229. The van der Waals surface area contributed by atoms with Gasteiger partial charge in [0.2, 0.25) is 0 Å². The van der Waals surface area contributed by atoms with Crippen molar-refractivity contribution in [2.24, 2.45) is 5.92 Å². The Balaban J connectivity index is 1.89. The highest BCUT2D eigenvalue weighted by Gasteiger charge is 2.44. The topological polar surface area (TPSA) is 12.0 Å². The lowest BCUT2D eigenvalue weighted by atomic mass is 9.75. The Morgan fingerprint density at radius 2 is 1.79 bits per heavy atom. The smallest absolute Gasteiger partial charge is 0.376 e. The summed E-state index contributed by atoms with van der Waals surface area (Å²) < 4.78 is 40.5. The van der Waals surface area contributed by atoms with E-state index < -0.39 is 11.7 Å². The molecule has 0 amide bonds. The van der Waals surface area contributed by atoms with Gasteiger partial charge in [0.05, 0.1) is 22.3 Å². The van der Waals surface area contributed by atoms with Crippen LogP contribution in [0.2, 0.25) is 5.02 Å². The summed E-state index contributed by atoms with van der Waals surface area (Å²) in [7, 11) is 0. The SMILES string of the molecule is FC(F)(F)c1ccc(Cl)c2c1[C@@H]1C=CC[C@H]1[C@@H](c1ccccc1)N2. The molecule has 0 aromatic heterocycles. The number of anilines is 1. The summed E-state index contributed by atoms with van der Waals surface area (Å²) >= 11 is 6.25. The van der Waals surface area contributed by atoms with Crippen LogP contribution in [0.25, 0.3) is 0 Å². The van der Waals surface area contributed by atoms with Crippen molar-refractivity contribution >= 4 is 17.3 Å². The molecule has 0 radical (unpaired) electrons. The molecule has 1 aliphatic carbocycles. The summed E-state index contributed by atoms with van der Waals surface area (Å²) in [6.45, 7) is 0. The molecule has 2 aliphatic rings. The summed E-state index contributed by atoms with van der Waals surface area (Å²) in [6, 6.07) is 12.2. The molecule has 0 spiro atoms. The van der Waals surface area contributed by atoms with Gasteiger partial charge < -0.3 is 5.32 Å². The third-order valence-corrected chi connectivity index (χ3v) is 5.25. The Bertz CT molecular complexity index is 798. The number of benzene rings is 2.